The van der Waals surface area contributed by atoms with Crippen LogP contribution in [0.15, 0.2) is 0 Å². The molecule has 1 rings (SSSR count). The Morgan fingerprint density at radius 1 is 1.30 bits per heavy atom. The molecule has 1 saturated carbocycles. The molecule has 1 aliphatic rings. The molecule has 0 aromatic rings. The summed E-state index contributed by atoms with van der Waals surface area (Å²) >= 11 is 0. The lowest BCUT2D eigenvalue weighted by molar-refractivity contribution is 0.0402. The lowest BCUT2D eigenvalue weighted by atomic mass is 10.0. The molecule has 2 N–H and O–H groups in total. The Morgan fingerprint density at radius 3 is 2.20 bits per heavy atom. The monoisotopic (exact) mass is 144 g/mol. The van der Waals surface area contributed by atoms with Crippen molar-refractivity contribution in [1.29, 1.82) is 0 Å². The Morgan fingerprint density at radius 2 is 1.80 bits per heavy atom. The Bertz CT molecular complexity index is 110. The quantitative estimate of drug-likeness (QED) is 0.548. The Balaban J connectivity index is 2.36. The fraction of sp³-hybridized carbons (Fsp3) is 1.00. The average Bonchev–Trinajstić information content (AvgIpc) is 2.12. The van der Waals surface area contributed by atoms with Gasteiger partial charge in [-0.25, -0.2) is 0 Å². The lowest BCUT2D eigenvalue weighted by Gasteiger charge is -2.23. The van der Waals surface area contributed by atoms with E-state index < -0.39 is 7.32 Å². The molecule has 0 radical (unpaired) electrons. The zero-order valence-corrected chi connectivity index (χ0v) is 6.21. The van der Waals surface area contributed by atoms with Crippen LogP contribution in [0, 0.1) is 0 Å². The van der Waals surface area contributed by atoms with Gasteiger partial charge >= 0.3 is 7.32 Å². The van der Waals surface area contributed by atoms with Crippen molar-refractivity contribution in [2.24, 2.45) is 0 Å². The second kappa shape index (κ2) is 2.90. The molecule has 3 nitrogen and oxygen atoms in total. The van der Waals surface area contributed by atoms with E-state index in [1.807, 2.05) is 6.92 Å². The van der Waals surface area contributed by atoms with Crippen molar-refractivity contribution in [3.8, 4) is 0 Å². The Labute approximate surface area is 61.2 Å². The zero-order valence-electron chi connectivity index (χ0n) is 6.21. The van der Waals surface area contributed by atoms with E-state index in [1.54, 1.807) is 0 Å². The summed E-state index contributed by atoms with van der Waals surface area (Å²) in [6.07, 6.45) is 4.13. The summed E-state index contributed by atoms with van der Waals surface area (Å²) in [5.41, 5.74) is -0.284. The number of rotatable bonds is 2. The molecule has 0 saturated heterocycles. The first-order valence-electron chi connectivity index (χ1n) is 3.66. The van der Waals surface area contributed by atoms with Crippen molar-refractivity contribution in [1.82, 2.24) is 0 Å². The third-order valence-corrected chi connectivity index (χ3v) is 2.05. The second-order valence-corrected chi connectivity index (χ2v) is 3.10. The van der Waals surface area contributed by atoms with Crippen molar-refractivity contribution in [2.45, 2.75) is 38.2 Å². The predicted molar refractivity (Wildman–Crippen MR) is 38.1 cm³/mol. The molecule has 4 heteroatoms. The molecule has 0 amide bonds. The van der Waals surface area contributed by atoms with Gasteiger partial charge in [0.1, 0.15) is 0 Å². The van der Waals surface area contributed by atoms with Crippen molar-refractivity contribution in [3.05, 3.63) is 0 Å². The van der Waals surface area contributed by atoms with E-state index in [9.17, 15) is 0 Å². The summed E-state index contributed by atoms with van der Waals surface area (Å²) in [7, 11) is -1.61. The summed E-state index contributed by atoms with van der Waals surface area (Å²) < 4.78 is 4.91. The molecule has 0 spiro atoms. The fourth-order valence-corrected chi connectivity index (χ4v) is 1.50. The summed E-state index contributed by atoms with van der Waals surface area (Å²) in [5, 5.41) is 17.0. The summed E-state index contributed by atoms with van der Waals surface area (Å²) in [6.45, 7) is 1.92. The van der Waals surface area contributed by atoms with Crippen molar-refractivity contribution in [2.75, 3.05) is 0 Å². The van der Waals surface area contributed by atoms with E-state index in [0.717, 1.165) is 25.7 Å². The van der Waals surface area contributed by atoms with E-state index in [4.69, 9.17) is 14.7 Å². The molecule has 0 atom stereocenters. The molecule has 58 valence electrons. The molecule has 0 aromatic heterocycles. The van der Waals surface area contributed by atoms with Gasteiger partial charge in [-0.1, -0.05) is 12.8 Å². The number of hydrogen-bond acceptors (Lipinski definition) is 3. The minimum Gasteiger partial charge on any atom is -0.402 e. The fourth-order valence-electron chi connectivity index (χ4n) is 1.50. The molecule has 0 bridgehead atoms. The van der Waals surface area contributed by atoms with Gasteiger partial charge in [0.2, 0.25) is 0 Å². The van der Waals surface area contributed by atoms with Gasteiger partial charge in [-0.15, -0.1) is 0 Å². The van der Waals surface area contributed by atoms with E-state index in [1.165, 1.54) is 0 Å². The van der Waals surface area contributed by atoms with E-state index in [2.05, 4.69) is 0 Å². The van der Waals surface area contributed by atoms with Crippen LogP contribution in [-0.4, -0.2) is 23.0 Å². The molecule has 10 heavy (non-hydrogen) atoms. The van der Waals surface area contributed by atoms with Crippen LogP contribution < -0.4 is 0 Å². The average molecular weight is 144 g/mol. The largest absolute Gasteiger partial charge is 0.634 e. The van der Waals surface area contributed by atoms with Gasteiger partial charge in [0, 0.05) is 0 Å². The highest BCUT2D eigenvalue weighted by molar-refractivity contribution is 6.32. The van der Waals surface area contributed by atoms with Crippen LogP contribution in [0.4, 0.5) is 0 Å². The summed E-state index contributed by atoms with van der Waals surface area (Å²) in [6, 6.07) is 0. The molecular formula is C6H13BO3. The Kier molecular flexibility index (Phi) is 2.34. The third-order valence-electron chi connectivity index (χ3n) is 2.05. The molecule has 0 aliphatic heterocycles. The van der Waals surface area contributed by atoms with Gasteiger partial charge in [0.25, 0.3) is 0 Å². The Hall–Kier alpha value is -0.0551. The predicted octanol–water partition coefficient (Wildman–Crippen LogP) is 0.305. The molecular weight excluding hydrogens is 131 g/mol. The highest BCUT2D eigenvalue weighted by atomic mass is 16.6. The standard InChI is InChI=1S/C6H13BO3/c1-6(10-7(8)9)4-2-3-5-6/h8-9H,2-5H2,1H3. The molecule has 1 aliphatic carbocycles. The van der Waals surface area contributed by atoms with Crippen molar-refractivity contribution >= 4 is 7.32 Å². The van der Waals surface area contributed by atoms with E-state index in [-0.39, 0.29) is 5.60 Å². The maximum absolute atomic E-state index is 8.51. The minimum atomic E-state index is -1.61. The van der Waals surface area contributed by atoms with Crippen molar-refractivity contribution < 1.29 is 14.7 Å². The molecule has 0 aromatic carbocycles. The van der Waals surface area contributed by atoms with Crippen LogP contribution in [-0.2, 0) is 4.65 Å². The van der Waals surface area contributed by atoms with Crippen LogP contribution in [0.1, 0.15) is 32.6 Å². The number of hydrogen-bond donors (Lipinski definition) is 2. The highest BCUT2D eigenvalue weighted by Crippen LogP contribution is 2.32. The third kappa shape index (κ3) is 1.97. The molecule has 0 unspecified atom stereocenters. The van der Waals surface area contributed by atoms with Crippen LogP contribution >= 0.6 is 0 Å². The summed E-state index contributed by atoms with van der Waals surface area (Å²) in [5.74, 6) is 0. The minimum absolute atomic E-state index is 0.284. The van der Waals surface area contributed by atoms with Gasteiger partial charge in [-0.05, 0) is 19.8 Å². The van der Waals surface area contributed by atoms with Gasteiger partial charge < -0.3 is 14.7 Å². The van der Waals surface area contributed by atoms with Crippen molar-refractivity contribution in [3.63, 3.8) is 0 Å². The van der Waals surface area contributed by atoms with Gasteiger partial charge in [-0.2, -0.15) is 0 Å². The highest BCUT2D eigenvalue weighted by Gasteiger charge is 2.33. The molecule has 0 heterocycles. The second-order valence-electron chi connectivity index (χ2n) is 3.10. The first-order valence-corrected chi connectivity index (χ1v) is 3.66. The maximum Gasteiger partial charge on any atom is 0.634 e. The van der Waals surface area contributed by atoms with Gasteiger partial charge in [0.15, 0.2) is 0 Å². The van der Waals surface area contributed by atoms with Crippen LogP contribution in [0.3, 0.4) is 0 Å². The first-order chi connectivity index (χ1) is 4.62. The SMILES string of the molecule is CC1(OB(O)O)CCCC1. The van der Waals surface area contributed by atoms with Gasteiger partial charge in [0.05, 0.1) is 5.60 Å². The van der Waals surface area contributed by atoms with Crippen LogP contribution in [0.5, 0.6) is 0 Å². The smallest absolute Gasteiger partial charge is 0.402 e. The van der Waals surface area contributed by atoms with Crippen LogP contribution in [0.2, 0.25) is 0 Å². The zero-order chi connectivity index (χ0) is 7.61. The van der Waals surface area contributed by atoms with E-state index >= 15 is 0 Å². The maximum atomic E-state index is 8.51. The van der Waals surface area contributed by atoms with Gasteiger partial charge in [-0.3, -0.25) is 0 Å². The van der Waals surface area contributed by atoms with Crippen LogP contribution in [0.25, 0.3) is 0 Å². The first kappa shape index (κ1) is 8.05. The normalized spacial score (nSPS) is 23.1. The lowest BCUT2D eigenvalue weighted by Crippen LogP contribution is -2.33. The summed E-state index contributed by atoms with van der Waals surface area (Å²) in [4.78, 5) is 0. The topological polar surface area (TPSA) is 49.7 Å². The molecule has 1 fully saturated rings. The van der Waals surface area contributed by atoms with E-state index in [0.29, 0.717) is 0 Å².